The van der Waals surface area contributed by atoms with Crippen molar-refractivity contribution in [1.29, 1.82) is 0 Å². The van der Waals surface area contributed by atoms with E-state index in [4.69, 9.17) is 11.6 Å². The number of carbonyl (C=O) groups excluding carboxylic acids is 1. The van der Waals surface area contributed by atoms with E-state index in [1.807, 2.05) is 0 Å². The van der Waals surface area contributed by atoms with Gasteiger partial charge in [0.25, 0.3) is 0 Å². The highest BCUT2D eigenvalue weighted by Crippen LogP contribution is 2.25. The first-order valence-electron chi connectivity index (χ1n) is 7.91. The zero-order valence-corrected chi connectivity index (χ0v) is 15.4. The Morgan fingerprint density at radius 1 is 1.19 bits per heavy atom. The second-order valence-corrected chi connectivity index (χ2v) is 6.95. The van der Waals surface area contributed by atoms with E-state index < -0.39 is 17.9 Å². The van der Waals surface area contributed by atoms with Crippen LogP contribution in [0.25, 0.3) is 10.6 Å². The predicted octanol–water partition coefficient (Wildman–Crippen LogP) is 4.09. The molecule has 0 aliphatic heterocycles. The molecule has 0 spiro atoms. The van der Waals surface area contributed by atoms with Crippen LogP contribution in [0.3, 0.4) is 0 Å². The van der Waals surface area contributed by atoms with Crippen LogP contribution in [0.4, 0.5) is 4.39 Å². The number of halogens is 2. The number of benzene rings is 2. The van der Waals surface area contributed by atoms with E-state index in [2.05, 4.69) is 10.3 Å². The number of aromatic nitrogens is 1. The molecule has 0 fully saturated rings. The summed E-state index contributed by atoms with van der Waals surface area (Å²) in [5.74, 6) is -2.03. The van der Waals surface area contributed by atoms with E-state index in [0.717, 1.165) is 5.56 Å². The first-order valence-corrected chi connectivity index (χ1v) is 9.17. The number of hydrogen-bond acceptors (Lipinski definition) is 4. The molecule has 3 aromatic rings. The minimum absolute atomic E-state index is 0.0775. The fourth-order valence-electron chi connectivity index (χ4n) is 2.47. The molecule has 0 bridgehead atoms. The predicted molar refractivity (Wildman–Crippen MR) is 101 cm³/mol. The van der Waals surface area contributed by atoms with E-state index in [9.17, 15) is 19.1 Å². The molecular formula is C19H14ClFN2O3S. The zero-order valence-electron chi connectivity index (χ0n) is 13.9. The number of carboxylic acids is 1. The standard InChI is InChI=1S/C19H14ClFN2O3S/c20-15-4-2-1-3-14(15)17(19(25)26)23-16(24)9-13-10-27-18(22-13)11-5-7-12(21)8-6-11/h1-8,10,17H,9H2,(H,23,24)(H,25,26). The second-order valence-electron chi connectivity index (χ2n) is 5.69. The van der Waals surface area contributed by atoms with Gasteiger partial charge >= 0.3 is 5.97 Å². The highest BCUT2D eigenvalue weighted by Gasteiger charge is 2.24. The van der Waals surface area contributed by atoms with Crippen molar-refractivity contribution in [3.05, 3.63) is 76.0 Å². The third-order valence-electron chi connectivity index (χ3n) is 3.75. The molecule has 1 aromatic heterocycles. The maximum atomic E-state index is 13.0. The van der Waals surface area contributed by atoms with Crippen molar-refractivity contribution in [2.24, 2.45) is 0 Å². The van der Waals surface area contributed by atoms with Gasteiger partial charge in [-0.2, -0.15) is 0 Å². The SMILES string of the molecule is O=C(Cc1csc(-c2ccc(F)cc2)n1)NC(C(=O)O)c1ccccc1Cl. The number of thiazole rings is 1. The van der Waals surface area contributed by atoms with Crippen LogP contribution in [-0.2, 0) is 16.0 Å². The summed E-state index contributed by atoms with van der Waals surface area (Å²) in [7, 11) is 0. The van der Waals surface area contributed by atoms with E-state index >= 15 is 0 Å². The first-order chi connectivity index (χ1) is 12.9. The van der Waals surface area contributed by atoms with Crippen molar-refractivity contribution in [2.75, 3.05) is 0 Å². The van der Waals surface area contributed by atoms with Gasteiger partial charge in [-0.1, -0.05) is 29.8 Å². The molecule has 5 nitrogen and oxygen atoms in total. The third kappa shape index (κ3) is 4.69. The summed E-state index contributed by atoms with van der Waals surface area (Å²) in [5.41, 5.74) is 1.55. The lowest BCUT2D eigenvalue weighted by molar-refractivity contribution is -0.142. The molecule has 0 aliphatic rings. The average Bonchev–Trinajstić information content (AvgIpc) is 3.09. The fraction of sp³-hybridized carbons (Fsp3) is 0.105. The molecule has 1 unspecified atom stereocenters. The smallest absolute Gasteiger partial charge is 0.330 e. The van der Waals surface area contributed by atoms with Crippen LogP contribution in [0.2, 0.25) is 5.02 Å². The van der Waals surface area contributed by atoms with Crippen LogP contribution in [0, 0.1) is 5.82 Å². The monoisotopic (exact) mass is 404 g/mol. The Labute approximate surface area is 163 Å². The van der Waals surface area contributed by atoms with E-state index in [0.29, 0.717) is 16.3 Å². The molecular weight excluding hydrogens is 391 g/mol. The van der Waals surface area contributed by atoms with Crippen LogP contribution in [0.1, 0.15) is 17.3 Å². The van der Waals surface area contributed by atoms with Gasteiger partial charge in [-0.3, -0.25) is 4.79 Å². The third-order valence-corrected chi connectivity index (χ3v) is 5.04. The van der Waals surface area contributed by atoms with Crippen molar-refractivity contribution in [3.8, 4) is 10.6 Å². The molecule has 2 aromatic carbocycles. The van der Waals surface area contributed by atoms with E-state index in [-0.39, 0.29) is 17.3 Å². The van der Waals surface area contributed by atoms with Gasteiger partial charge in [0.05, 0.1) is 12.1 Å². The number of carboxylic acid groups (broad SMARTS) is 1. The van der Waals surface area contributed by atoms with Crippen molar-refractivity contribution < 1.29 is 19.1 Å². The summed E-state index contributed by atoms with van der Waals surface area (Å²) in [6.45, 7) is 0. The number of hydrogen-bond donors (Lipinski definition) is 2. The Kier molecular flexibility index (Phi) is 5.83. The molecule has 8 heteroatoms. The molecule has 0 saturated heterocycles. The van der Waals surface area contributed by atoms with Crippen molar-refractivity contribution in [1.82, 2.24) is 10.3 Å². The summed E-state index contributed by atoms with van der Waals surface area (Å²) in [6, 6.07) is 11.1. The largest absolute Gasteiger partial charge is 0.479 e. The van der Waals surface area contributed by atoms with Gasteiger partial charge in [-0.05, 0) is 30.3 Å². The summed E-state index contributed by atoms with van der Waals surface area (Å²) in [4.78, 5) is 28.2. The van der Waals surface area contributed by atoms with Crippen molar-refractivity contribution in [2.45, 2.75) is 12.5 Å². The molecule has 138 valence electrons. The molecule has 27 heavy (non-hydrogen) atoms. The van der Waals surface area contributed by atoms with Gasteiger partial charge in [-0.15, -0.1) is 11.3 Å². The number of rotatable bonds is 6. The molecule has 0 saturated carbocycles. The molecule has 1 heterocycles. The Balaban J connectivity index is 1.71. The fourth-order valence-corrected chi connectivity index (χ4v) is 3.54. The van der Waals surface area contributed by atoms with E-state index in [1.54, 1.807) is 41.8 Å². The van der Waals surface area contributed by atoms with Gasteiger partial charge in [0.15, 0.2) is 6.04 Å². The van der Waals surface area contributed by atoms with Gasteiger partial charge in [0.2, 0.25) is 5.91 Å². The number of amides is 1. The van der Waals surface area contributed by atoms with Gasteiger partial charge in [0, 0.05) is 21.5 Å². The number of nitrogens with one attached hydrogen (secondary N) is 1. The molecule has 1 amide bonds. The topological polar surface area (TPSA) is 79.3 Å². The molecule has 0 radical (unpaired) electrons. The second kappa shape index (κ2) is 8.28. The quantitative estimate of drug-likeness (QED) is 0.648. The Morgan fingerprint density at radius 3 is 2.56 bits per heavy atom. The number of aliphatic carboxylic acids is 1. The molecule has 3 rings (SSSR count). The molecule has 1 atom stereocenters. The lowest BCUT2D eigenvalue weighted by Gasteiger charge is -2.15. The number of carbonyl (C=O) groups is 2. The normalized spacial score (nSPS) is 11.8. The maximum absolute atomic E-state index is 13.0. The Bertz CT molecular complexity index is 975. The molecule has 0 aliphatic carbocycles. The zero-order chi connectivity index (χ0) is 19.4. The lowest BCUT2D eigenvalue weighted by atomic mass is 10.1. The highest BCUT2D eigenvalue weighted by molar-refractivity contribution is 7.13. The maximum Gasteiger partial charge on any atom is 0.330 e. The summed E-state index contributed by atoms with van der Waals surface area (Å²) in [5, 5.41) is 14.5. The van der Waals surface area contributed by atoms with Crippen LogP contribution < -0.4 is 5.32 Å². The Hall–Kier alpha value is -2.77. The summed E-state index contributed by atoms with van der Waals surface area (Å²) in [6.07, 6.45) is -0.0775. The summed E-state index contributed by atoms with van der Waals surface area (Å²) < 4.78 is 13.0. The van der Waals surface area contributed by atoms with Gasteiger partial charge in [-0.25, -0.2) is 14.2 Å². The minimum atomic E-state index is -1.25. The van der Waals surface area contributed by atoms with Crippen molar-refractivity contribution >= 4 is 34.8 Å². The Morgan fingerprint density at radius 2 is 1.89 bits per heavy atom. The summed E-state index contributed by atoms with van der Waals surface area (Å²) >= 11 is 7.36. The van der Waals surface area contributed by atoms with Crippen LogP contribution >= 0.6 is 22.9 Å². The van der Waals surface area contributed by atoms with Crippen molar-refractivity contribution in [3.63, 3.8) is 0 Å². The average molecular weight is 405 g/mol. The highest BCUT2D eigenvalue weighted by atomic mass is 35.5. The lowest BCUT2D eigenvalue weighted by Crippen LogP contribution is -2.35. The minimum Gasteiger partial charge on any atom is -0.479 e. The van der Waals surface area contributed by atoms with E-state index in [1.165, 1.54) is 23.5 Å². The van der Waals surface area contributed by atoms with Crippen LogP contribution in [-0.4, -0.2) is 22.0 Å². The van der Waals surface area contributed by atoms with Crippen LogP contribution in [0.15, 0.2) is 53.9 Å². The van der Waals surface area contributed by atoms with Crippen LogP contribution in [0.5, 0.6) is 0 Å². The van der Waals surface area contributed by atoms with Gasteiger partial charge in [0.1, 0.15) is 10.8 Å². The number of nitrogens with zero attached hydrogens (tertiary/aromatic N) is 1. The first kappa shape index (κ1) is 19.0. The van der Waals surface area contributed by atoms with Gasteiger partial charge < -0.3 is 10.4 Å². The molecule has 2 N–H and O–H groups in total.